The van der Waals surface area contributed by atoms with E-state index in [1.165, 1.54) is 197 Å². The van der Waals surface area contributed by atoms with Crippen molar-refractivity contribution in [2.75, 3.05) is 19.6 Å². The van der Waals surface area contributed by atoms with Gasteiger partial charge in [0.15, 0.2) is 0 Å². The lowest BCUT2D eigenvalue weighted by atomic mass is 10.0. The van der Waals surface area contributed by atoms with Gasteiger partial charge < -0.3 is 4.48 Å². The molecule has 1 unspecified atom stereocenters. The molecule has 1 aromatic carbocycles. The van der Waals surface area contributed by atoms with E-state index in [9.17, 15) is 0 Å². The van der Waals surface area contributed by atoms with Crippen molar-refractivity contribution in [1.82, 2.24) is 0 Å². The summed E-state index contributed by atoms with van der Waals surface area (Å²) in [5.74, 6) is 0.795. The lowest BCUT2D eigenvalue weighted by molar-refractivity contribution is -0.942. The van der Waals surface area contributed by atoms with E-state index in [0.29, 0.717) is 0 Å². The van der Waals surface area contributed by atoms with Crippen LogP contribution >= 0.6 is 0 Å². The van der Waals surface area contributed by atoms with Crippen LogP contribution in [0.2, 0.25) is 0 Å². The van der Waals surface area contributed by atoms with Crippen LogP contribution < -0.4 is 0 Å². The van der Waals surface area contributed by atoms with E-state index in [2.05, 4.69) is 58.9 Å². The third-order valence-corrected chi connectivity index (χ3v) is 9.92. The van der Waals surface area contributed by atoms with Crippen molar-refractivity contribution in [1.29, 1.82) is 0 Å². The van der Waals surface area contributed by atoms with E-state index in [1.54, 1.807) is 5.56 Å². The Hall–Kier alpha value is -0.820. The number of unbranched alkanes of at least 4 members (excludes halogenated alkanes) is 22. The highest BCUT2D eigenvalue weighted by molar-refractivity contribution is 5.24. The minimum absolute atomic E-state index is 0.795. The highest BCUT2D eigenvalue weighted by Gasteiger charge is 2.28. The lowest BCUT2D eigenvalue weighted by Crippen LogP contribution is -2.50. The second-order valence-electron chi connectivity index (χ2n) is 14.6. The minimum Gasteiger partial charge on any atom is -0.320 e. The van der Waals surface area contributed by atoms with Gasteiger partial charge in [-0.3, -0.25) is 0 Å². The first kappa shape index (κ1) is 39.2. The molecule has 0 radical (unpaired) electrons. The summed E-state index contributed by atoms with van der Waals surface area (Å²) in [6.45, 7) is 17.2. The molecular formula is C41H78N+. The maximum atomic E-state index is 2.43. The van der Waals surface area contributed by atoms with Crippen molar-refractivity contribution in [3.63, 3.8) is 0 Å². The van der Waals surface area contributed by atoms with Gasteiger partial charge in [0.25, 0.3) is 0 Å². The molecule has 0 fully saturated rings. The zero-order valence-corrected chi connectivity index (χ0v) is 29.8. The Kier molecular flexibility index (Phi) is 25.9. The monoisotopic (exact) mass is 585 g/mol. The number of aryl methyl sites for hydroxylation is 1. The number of hydrogen-bond donors (Lipinski definition) is 0. The van der Waals surface area contributed by atoms with E-state index < -0.39 is 0 Å². The molecule has 0 aromatic heterocycles. The molecule has 246 valence electrons. The highest BCUT2D eigenvalue weighted by atomic mass is 15.3. The van der Waals surface area contributed by atoms with Gasteiger partial charge in [0.2, 0.25) is 0 Å². The van der Waals surface area contributed by atoms with Crippen LogP contribution in [0.3, 0.4) is 0 Å². The molecule has 0 aliphatic rings. The first-order valence-electron chi connectivity index (χ1n) is 19.4. The number of quaternary nitrogens is 1. The molecule has 1 rings (SSSR count). The summed E-state index contributed by atoms with van der Waals surface area (Å²) in [5, 5.41) is 0. The van der Waals surface area contributed by atoms with E-state index in [4.69, 9.17) is 0 Å². The second kappa shape index (κ2) is 27.7. The van der Waals surface area contributed by atoms with Gasteiger partial charge in [-0.05, 0) is 50.5 Å². The van der Waals surface area contributed by atoms with Crippen LogP contribution in [0.25, 0.3) is 0 Å². The Bertz CT molecular complexity index is 694. The average Bonchev–Trinajstić information content (AvgIpc) is 2.98. The fourth-order valence-corrected chi connectivity index (χ4v) is 6.83. The van der Waals surface area contributed by atoms with Gasteiger partial charge in [0, 0.05) is 5.56 Å². The Morgan fingerprint density at radius 3 is 1.19 bits per heavy atom. The molecule has 1 atom stereocenters. The van der Waals surface area contributed by atoms with Crippen molar-refractivity contribution < 1.29 is 4.48 Å². The smallest absolute Gasteiger partial charge is 0.105 e. The summed E-state index contributed by atoms with van der Waals surface area (Å²) in [6.07, 6.45) is 36.0. The fraction of sp³-hybridized carbons (Fsp3) is 0.854. The normalized spacial score (nSPS) is 13.2. The molecule has 0 spiro atoms. The van der Waals surface area contributed by atoms with Crippen molar-refractivity contribution in [3.8, 4) is 0 Å². The second-order valence-corrected chi connectivity index (χ2v) is 14.6. The number of benzene rings is 1. The zero-order valence-electron chi connectivity index (χ0n) is 29.8. The number of hydrogen-bond acceptors (Lipinski definition) is 0. The van der Waals surface area contributed by atoms with E-state index in [0.717, 1.165) is 5.92 Å². The quantitative estimate of drug-likeness (QED) is 0.0601. The molecule has 0 N–H and O–H groups in total. The number of rotatable bonds is 31. The molecule has 0 bridgehead atoms. The third kappa shape index (κ3) is 21.8. The molecule has 0 saturated heterocycles. The van der Waals surface area contributed by atoms with Gasteiger partial charge in [-0.2, -0.15) is 0 Å². The summed E-state index contributed by atoms with van der Waals surface area (Å²) in [7, 11) is 0. The van der Waals surface area contributed by atoms with Gasteiger partial charge in [-0.1, -0.05) is 180 Å². The number of nitrogens with zero attached hydrogens (tertiary/aromatic N) is 1. The summed E-state index contributed by atoms with van der Waals surface area (Å²) >= 11 is 0. The Balaban J connectivity index is 2.47. The Morgan fingerprint density at radius 1 is 0.476 bits per heavy atom. The van der Waals surface area contributed by atoms with E-state index in [-0.39, 0.29) is 0 Å². The van der Waals surface area contributed by atoms with Gasteiger partial charge in [-0.25, -0.2) is 0 Å². The topological polar surface area (TPSA) is 0 Å². The van der Waals surface area contributed by atoms with Crippen molar-refractivity contribution >= 4 is 0 Å². The fourth-order valence-electron chi connectivity index (χ4n) is 6.83. The minimum atomic E-state index is 0.795. The van der Waals surface area contributed by atoms with Crippen LogP contribution in [0.5, 0.6) is 0 Å². The van der Waals surface area contributed by atoms with Gasteiger partial charge in [0.1, 0.15) is 6.54 Å². The predicted molar refractivity (Wildman–Crippen MR) is 191 cm³/mol. The Morgan fingerprint density at radius 2 is 0.833 bits per heavy atom. The Labute approximate surface area is 266 Å². The van der Waals surface area contributed by atoms with Gasteiger partial charge >= 0.3 is 0 Å². The van der Waals surface area contributed by atoms with E-state index in [1.807, 2.05) is 0 Å². The van der Waals surface area contributed by atoms with Gasteiger partial charge in [-0.15, -0.1) is 0 Å². The molecule has 42 heavy (non-hydrogen) atoms. The lowest BCUT2D eigenvalue weighted by Gasteiger charge is -2.40. The first-order chi connectivity index (χ1) is 20.5. The zero-order chi connectivity index (χ0) is 30.6. The molecule has 0 heterocycles. The summed E-state index contributed by atoms with van der Waals surface area (Å²) in [6, 6.07) is 9.24. The van der Waals surface area contributed by atoms with Crippen LogP contribution in [-0.2, 0) is 6.54 Å². The molecule has 1 aromatic rings. The standard InChI is InChI=1S/C41H78N/c1-6-8-10-12-14-16-18-19-20-21-23-25-27-31-36-42(37-34-39(3)4,38-41-33-29-28-32-40(41)5)35-30-26-24-22-17-15-13-11-9-7-2/h28-29,32-33,39H,6-27,30-31,34-38H2,1-5H3/q+1. The summed E-state index contributed by atoms with van der Waals surface area (Å²) < 4.78 is 1.33. The summed E-state index contributed by atoms with van der Waals surface area (Å²) in [4.78, 5) is 0. The molecule has 1 heteroatoms. The van der Waals surface area contributed by atoms with Crippen LogP contribution in [-0.4, -0.2) is 24.1 Å². The molecule has 1 nitrogen and oxygen atoms in total. The molecule has 0 saturated carbocycles. The summed E-state index contributed by atoms with van der Waals surface area (Å²) in [5.41, 5.74) is 3.09. The maximum absolute atomic E-state index is 2.43. The average molecular weight is 585 g/mol. The molecular weight excluding hydrogens is 506 g/mol. The SMILES string of the molecule is CCCCCCCCCCCCCCCC[N+](CCCCCCCCCCCC)(CCC(C)C)Cc1ccccc1C. The van der Waals surface area contributed by atoms with Crippen molar-refractivity contribution in [2.24, 2.45) is 5.92 Å². The van der Waals surface area contributed by atoms with Crippen LogP contribution in [0.1, 0.15) is 199 Å². The highest BCUT2D eigenvalue weighted by Crippen LogP contribution is 2.24. The maximum Gasteiger partial charge on any atom is 0.105 e. The molecule has 0 aliphatic heterocycles. The first-order valence-corrected chi connectivity index (χ1v) is 19.4. The van der Waals surface area contributed by atoms with Gasteiger partial charge in [0.05, 0.1) is 19.6 Å². The van der Waals surface area contributed by atoms with Crippen molar-refractivity contribution in [2.45, 2.75) is 202 Å². The predicted octanol–water partition coefficient (Wildman–Crippen LogP) is 13.8. The van der Waals surface area contributed by atoms with Crippen molar-refractivity contribution in [3.05, 3.63) is 35.4 Å². The largest absolute Gasteiger partial charge is 0.320 e. The third-order valence-electron chi connectivity index (χ3n) is 9.92. The molecule has 0 aliphatic carbocycles. The van der Waals surface area contributed by atoms with Crippen LogP contribution in [0, 0.1) is 12.8 Å². The van der Waals surface area contributed by atoms with Crippen LogP contribution in [0.15, 0.2) is 24.3 Å². The van der Waals surface area contributed by atoms with E-state index >= 15 is 0 Å². The molecule has 0 amide bonds. The van der Waals surface area contributed by atoms with Crippen LogP contribution in [0.4, 0.5) is 0 Å².